The van der Waals surface area contributed by atoms with Crippen molar-refractivity contribution in [1.29, 1.82) is 0 Å². The molecule has 0 unspecified atom stereocenters. The van der Waals surface area contributed by atoms with Crippen molar-refractivity contribution < 1.29 is 0 Å². The van der Waals surface area contributed by atoms with E-state index in [2.05, 4.69) is 53.2 Å². The van der Waals surface area contributed by atoms with E-state index in [9.17, 15) is 0 Å². The molecule has 0 aliphatic heterocycles. The lowest BCUT2D eigenvalue weighted by atomic mass is 10.2. The third kappa shape index (κ3) is 6.62. The van der Waals surface area contributed by atoms with Gasteiger partial charge in [-0.1, -0.05) is 0 Å². The molecule has 0 spiro atoms. The first-order chi connectivity index (χ1) is 10.0. The van der Waals surface area contributed by atoms with Crippen molar-refractivity contribution in [2.75, 3.05) is 26.7 Å². The zero-order valence-corrected chi connectivity index (χ0v) is 14.0. The van der Waals surface area contributed by atoms with Gasteiger partial charge in [0.05, 0.1) is 6.33 Å². The molecule has 0 aromatic carbocycles. The second-order valence-corrected chi connectivity index (χ2v) is 5.65. The Morgan fingerprint density at radius 3 is 2.38 bits per heavy atom. The van der Waals surface area contributed by atoms with Crippen LogP contribution in [0.2, 0.25) is 0 Å². The Kier molecular flexibility index (Phi) is 7.82. The summed E-state index contributed by atoms with van der Waals surface area (Å²) in [5, 5.41) is 6.67. The van der Waals surface area contributed by atoms with Crippen LogP contribution in [-0.2, 0) is 6.54 Å². The van der Waals surface area contributed by atoms with Gasteiger partial charge in [0.2, 0.25) is 0 Å². The highest BCUT2D eigenvalue weighted by Gasteiger charge is 2.12. The van der Waals surface area contributed by atoms with Crippen LogP contribution in [0.4, 0.5) is 0 Å². The average Bonchev–Trinajstić information content (AvgIpc) is 2.93. The third-order valence-electron chi connectivity index (χ3n) is 3.43. The highest BCUT2D eigenvalue weighted by Crippen LogP contribution is 2.03. The number of hydrogen-bond donors (Lipinski definition) is 2. The van der Waals surface area contributed by atoms with Gasteiger partial charge in [0.15, 0.2) is 5.96 Å². The van der Waals surface area contributed by atoms with Crippen molar-refractivity contribution in [3.8, 4) is 0 Å². The molecular formula is C15H30N6. The predicted molar refractivity (Wildman–Crippen MR) is 88.6 cm³/mol. The van der Waals surface area contributed by atoms with Gasteiger partial charge in [0, 0.05) is 57.7 Å². The van der Waals surface area contributed by atoms with E-state index in [-0.39, 0.29) is 0 Å². The minimum absolute atomic E-state index is 0.558. The van der Waals surface area contributed by atoms with E-state index < -0.39 is 0 Å². The van der Waals surface area contributed by atoms with Crippen molar-refractivity contribution in [3.63, 3.8) is 0 Å². The van der Waals surface area contributed by atoms with Crippen LogP contribution in [0.5, 0.6) is 0 Å². The first-order valence-electron chi connectivity index (χ1n) is 7.70. The number of aliphatic imine (C=N–C) groups is 1. The van der Waals surface area contributed by atoms with Crippen LogP contribution in [0.15, 0.2) is 23.7 Å². The van der Waals surface area contributed by atoms with Crippen molar-refractivity contribution >= 4 is 5.96 Å². The Morgan fingerprint density at radius 1 is 1.19 bits per heavy atom. The maximum Gasteiger partial charge on any atom is 0.191 e. The van der Waals surface area contributed by atoms with Gasteiger partial charge in [-0.2, -0.15) is 0 Å². The lowest BCUT2D eigenvalue weighted by Gasteiger charge is -2.30. The van der Waals surface area contributed by atoms with Crippen molar-refractivity contribution in [2.45, 2.75) is 46.3 Å². The maximum absolute atomic E-state index is 4.24. The van der Waals surface area contributed by atoms with Gasteiger partial charge in [0.25, 0.3) is 0 Å². The van der Waals surface area contributed by atoms with E-state index >= 15 is 0 Å². The normalized spacial score (nSPS) is 12.5. The molecule has 1 rings (SSSR count). The zero-order chi connectivity index (χ0) is 15.7. The fourth-order valence-corrected chi connectivity index (χ4v) is 2.36. The molecule has 6 nitrogen and oxygen atoms in total. The topological polar surface area (TPSA) is 57.5 Å². The van der Waals surface area contributed by atoms with Crippen molar-refractivity contribution in [3.05, 3.63) is 18.7 Å². The molecule has 6 heteroatoms. The molecule has 0 bridgehead atoms. The summed E-state index contributed by atoms with van der Waals surface area (Å²) in [5.41, 5.74) is 0. The summed E-state index contributed by atoms with van der Waals surface area (Å²) in [6.07, 6.45) is 5.57. The lowest BCUT2D eigenvalue weighted by molar-refractivity contribution is 0.178. The number of guanidine groups is 1. The summed E-state index contributed by atoms with van der Waals surface area (Å²) < 4.78 is 2.04. The van der Waals surface area contributed by atoms with Gasteiger partial charge in [-0.05, 0) is 27.7 Å². The Bertz CT molecular complexity index is 388. The van der Waals surface area contributed by atoms with E-state index in [1.54, 1.807) is 13.2 Å². The molecule has 0 saturated heterocycles. The maximum atomic E-state index is 4.24. The molecule has 0 aliphatic rings. The van der Waals surface area contributed by atoms with Crippen LogP contribution in [0.3, 0.4) is 0 Å². The van der Waals surface area contributed by atoms with Gasteiger partial charge in [-0.25, -0.2) is 4.98 Å². The summed E-state index contributed by atoms with van der Waals surface area (Å²) in [7, 11) is 1.80. The average molecular weight is 294 g/mol. The summed E-state index contributed by atoms with van der Waals surface area (Å²) in [6.45, 7) is 12.5. The Morgan fingerprint density at radius 2 is 1.86 bits per heavy atom. The molecule has 0 amide bonds. The number of nitrogens with one attached hydrogen (secondary N) is 2. The molecule has 1 aromatic rings. The molecule has 2 N–H and O–H groups in total. The Labute approximate surface area is 128 Å². The van der Waals surface area contributed by atoms with Gasteiger partial charge >= 0.3 is 0 Å². The predicted octanol–water partition coefficient (Wildman–Crippen LogP) is 1.17. The Balaban J connectivity index is 2.24. The van der Waals surface area contributed by atoms with Crippen LogP contribution in [-0.4, -0.2) is 59.2 Å². The largest absolute Gasteiger partial charge is 0.355 e. The number of imidazole rings is 1. The third-order valence-corrected chi connectivity index (χ3v) is 3.43. The van der Waals surface area contributed by atoms with Gasteiger partial charge < -0.3 is 15.2 Å². The fraction of sp³-hybridized carbons (Fsp3) is 0.733. The number of nitrogens with zero attached hydrogens (tertiary/aromatic N) is 4. The molecule has 0 radical (unpaired) electrons. The van der Waals surface area contributed by atoms with Gasteiger partial charge in [-0.3, -0.25) is 9.89 Å². The first-order valence-corrected chi connectivity index (χ1v) is 7.70. The standard InChI is InChI=1S/C15H30N6/c1-13(2)21(14(3)4)11-8-19-15(16-5)18-7-10-20-9-6-17-12-20/h6,9,12-14H,7-8,10-11H2,1-5H3,(H2,16,18,19). The first kappa shape index (κ1) is 17.5. The molecule has 0 aliphatic carbocycles. The minimum atomic E-state index is 0.558. The molecule has 0 atom stereocenters. The second-order valence-electron chi connectivity index (χ2n) is 5.65. The van der Waals surface area contributed by atoms with E-state index in [0.29, 0.717) is 12.1 Å². The van der Waals surface area contributed by atoms with Gasteiger partial charge in [0.1, 0.15) is 0 Å². The molecule has 1 aromatic heterocycles. The fourth-order valence-electron chi connectivity index (χ4n) is 2.36. The molecule has 21 heavy (non-hydrogen) atoms. The summed E-state index contributed by atoms with van der Waals surface area (Å²) in [6, 6.07) is 1.12. The molecule has 1 heterocycles. The van der Waals surface area contributed by atoms with Crippen molar-refractivity contribution in [2.24, 2.45) is 4.99 Å². The zero-order valence-electron chi connectivity index (χ0n) is 14.0. The SMILES string of the molecule is CN=C(NCCN(C(C)C)C(C)C)NCCn1ccnc1. The lowest BCUT2D eigenvalue weighted by Crippen LogP contribution is -2.45. The van der Waals surface area contributed by atoms with Crippen LogP contribution in [0.1, 0.15) is 27.7 Å². The smallest absolute Gasteiger partial charge is 0.191 e. The monoisotopic (exact) mass is 294 g/mol. The highest BCUT2D eigenvalue weighted by molar-refractivity contribution is 5.79. The van der Waals surface area contributed by atoms with E-state index in [1.165, 1.54) is 0 Å². The molecule has 0 saturated carbocycles. The number of aromatic nitrogens is 2. The van der Waals surface area contributed by atoms with Gasteiger partial charge in [-0.15, -0.1) is 0 Å². The quantitative estimate of drug-likeness (QED) is 0.558. The summed E-state index contributed by atoms with van der Waals surface area (Å²) in [5.74, 6) is 0.850. The van der Waals surface area contributed by atoms with Crippen LogP contribution in [0.25, 0.3) is 0 Å². The minimum Gasteiger partial charge on any atom is -0.355 e. The van der Waals surface area contributed by atoms with E-state index in [0.717, 1.165) is 32.1 Å². The van der Waals surface area contributed by atoms with Crippen LogP contribution < -0.4 is 10.6 Å². The molecule has 120 valence electrons. The summed E-state index contributed by atoms with van der Waals surface area (Å²) in [4.78, 5) is 10.7. The number of hydrogen-bond acceptors (Lipinski definition) is 3. The van der Waals surface area contributed by atoms with E-state index in [1.807, 2.05) is 17.1 Å². The molecule has 0 fully saturated rings. The van der Waals surface area contributed by atoms with Crippen molar-refractivity contribution in [1.82, 2.24) is 25.1 Å². The van der Waals surface area contributed by atoms with Crippen LogP contribution >= 0.6 is 0 Å². The molecular weight excluding hydrogens is 264 g/mol. The Hall–Kier alpha value is -1.56. The number of rotatable bonds is 8. The van der Waals surface area contributed by atoms with Crippen LogP contribution in [0, 0.1) is 0 Å². The van der Waals surface area contributed by atoms with E-state index in [4.69, 9.17) is 0 Å². The second kappa shape index (κ2) is 9.39. The highest BCUT2D eigenvalue weighted by atomic mass is 15.2. The summed E-state index contributed by atoms with van der Waals surface area (Å²) >= 11 is 0.